The van der Waals surface area contributed by atoms with Crippen molar-refractivity contribution in [2.75, 3.05) is 0 Å². The molecule has 106 valence electrons. The van der Waals surface area contributed by atoms with Crippen molar-refractivity contribution >= 4 is 0 Å². The summed E-state index contributed by atoms with van der Waals surface area (Å²) in [4.78, 5) is 0. The highest BCUT2D eigenvalue weighted by Crippen LogP contribution is 2.27. The van der Waals surface area contributed by atoms with Crippen LogP contribution in [-0.4, -0.2) is 5.11 Å². The lowest BCUT2D eigenvalue weighted by Crippen LogP contribution is -2.07. The van der Waals surface area contributed by atoms with E-state index in [0.717, 1.165) is 5.56 Å². The Kier molecular flexibility index (Phi) is 4.29. The lowest BCUT2D eigenvalue weighted by Gasteiger charge is -2.19. The number of rotatable bonds is 3. The van der Waals surface area contributed by atoms with Gasteiger partial charge >= 0.3 is 0 Å². The second-order valence-electron chi connectivity index (χ2n) is 5.96. The summed E-state index contributed by atoms with van der Waals surface area (Å²) in [6, 6.07) is 10.7. The van der Waals surface area contributed by atoms with Crippen molar-refractivity contribution in [3.05, 3.63) is 69.3 Å². The third-order valence-corrected chi connectivity index (χ3v) is 3.99. The van der Waals surface area contributed by atoms with Gasteiger partial charge in [-0.2, -0.15) is 0 Å². The normalized spacial score (nSPS) is 12.5. The van der Waals surface area contributed by atoms with Gasteiger partial charge in [-0.25, -0.2) is 0 Å². The molecule has 0 aliphatic carbocycles. The first kappa shape index (κ1) is 14.8. The summed E-state index contributed by atoms with van der Waals surface area (Å²) in [5.74, 6) is 0. The minimum atomic E-state index is -0.434. The molecule has 2 aromatic rings. The SMILES string of the molecule is Cc1cc(C)c(C(O)Cc2cc(C)ccc2C)c(C)c1. The van der Waals surface area contributed by atoms with E-state index in [9.17, 15) is 5.11 Å². The van der Waals surface area contributed by atoms with Crippen LogP contribution < -0.4 is 0 Å². The second-order valence-corrected chi connectivity index (χ2v) is 5.96. The van der Waals surface area contributed by atoms with Gasteiger partial charge in [0, 0.05) is 6.42 Å². The fourth-order valence-corrected chi connectivity index (χ4v) is 3.05. The summed E-state index contributed by atoms with van der Waals surface area (Å²) in [7, 11) is 0. The van der Waals surface area contributed by atoms with E-state index in [1.54, 1.807) is 0 Å². The van der Waals surface area contributed by atoms with Gasteiger partial charge in [-0.3, -0.25) is 0 Å². The highest BCUT2D eigenvalue weighted by molar-refractivity contribution is 5.40. The number of aliphatic hydroxyl groups excluding tert-OH is 1. The monoisotopic (exact) mass is 268 g/mol. The smallest absolute Gasteiger partial charge is 0.0835 e. The molecular weight excluding hydrogens is 244 g/mol. The van der Waals surface area contributed by atoms with Gasteiger partial charge in [-0.05, 0) is 62.4 Å². The zero-order valence-corrected chi connectivity index (χ0v) is 13.1. The van der Waals surface area contributed by atoms with E-state index in [1.165, 1.54) is 33.4 Å². The minimum absolute atomic E-state index is 0.434. The molecule has 2 rings (SSSR count). The molecule has 0 saturated carbocycles. The molecule has 0 saturated heterocycles. The first-order valence-electron chi connectivity index (χ1n) is 7.20. The maximum Gasteiger partial charge on any atom is 0.0835 e. The first-order chi connectivity index (χ1) is 9.38. The van der Waals surface area contributed by atoms with Gasteiger partial charge in [0.05, 0.1) is 6.10 Å². The van der Waals surface area contributed by atoms with Crippen molar-refractivity contribution in [1.82, 2.24) is 0 Å². The number of hydrogen-bond acceptors (Lipinski definition) is 1. The van der Waals surface area contributed by atoms with Crippen LogP contribution in [0, 0.1) is 34.6 Å². The van der Waals surface area contributed by atoms with Gasteiger partial charge in [0.2, 0.25) is 0 Å². The molecular formula is C19H24O. The summed E-state index contributed by atoms with van der Waals surface area (Å²) in [6.45, 7) is 10.5. The molecule has 20 heavy (non-hydrogen) atoms. The highest BCUT2D eigenvalue weighted by Gasteiger charge is 2.15. The average Bonchev–Trinajstić information content (AvgIpc) is 2.32. The van der Waals surface area contributed by atoms with E-state index in [0.29, 0.717) is 6.42 Å². The van der Waals surface area contributed by atoms with Crippen molar-refractivity contribution in [1.29, 1.82) is 0 Å². The molecule has 1 atom stereocenters. The standard InChI is InChI=1S/C19H24O/c1-12-6-7-14(3)17(10-12)11-18(20)19-15(4)8-13(2)9-16(19)5/h6-10,18,20H,11H2,1-5H3. The van der Waals surface area contributed by atoms with Crippen molar-refractivity contribution < 1.29 is 5.11 Å². The van der Waals surface area contributed by atoms with E-state index in [4.69, 9.17) is 0 Å². The number of aryl methyl sites for hydroxylation is 5. The topological polar surface area (TPSA) is 20.2 Å². The zero-order chi connectivity index (χ0) is 14.9. The average molecular weight is 268 g/mol. The molecule has 1 nitrogen and oxygen atoms in total. The van der Waals surface area contributed by atoms with Crippen LogP contribution in [0.5, 0.6) is 0 Å². The highest BCUT2D eigenvalue weighted by atomic mass is 16.3. The third kappa shape index (κ3) is 3.10. The van der Waals surface area contributed by atoms with E-state index in [1.807, 2.05) is 0 Å². The molecule has 1 unspecified atom stereocenters. The van der Waals surface area contributed by atoms with Gasteiger partial charge in [0.15, 0.2) is 0 Å². The Balaban J connectivity index is 2.33. The summed E-state index contributed by atoms with van der Waals surface area (Å²) in [5, 5.41) is 10.6. The molecule has 0 radical (unpaired) electrons. The van der Waals surface area contributed by atoms with Crippen molar-refractivity contribution in [3.63, 3.8) is 0 Å². The number of aliphatic hydroxyl groups is 1. The van der Waals surface area contributed by atoms with Gasteiger partial charge in [0.1, 0.15) is 0 Å². The molecule has 0 aliphatic heterocycles. The maximum absolute atomic E-state index is 10.6. The Morgan fingerprint density at radius 2 is 1.40 bits per heavy atom. The van der Waals surface area contributed by atoms with Crippen molar-refractivity contribution in [2.45, 2.75) is 47.1 Å². The van der Waals surface area contributed by atoms with Crippen LogP contribution in [0.25, 0.3) is 0 Å². The molecule has 0 spiro atoms. The van der Waals surface area contributed by atoms with Crippen molar-refractivity contribution in [2.24, 2.45) is 0 Å². The zero-order valence-electron chi connectivity index (χ0n) is 13.1. The molecule has 1 N–H and O–H groups in total. The second kappa shape index (κ2) is 5.80. The maximum atomic E-state index is 10.6. The Morgan fingerprint density at radius 3 is 2.00 bits per heavy atom. The minimum Gasteiger partial charge on any atom is -0.388 e. The summed E-state index contributed by atoms with van der Waals surface area (Å²) < 4.78 is 0. The van der Waals surface area contributed by atoms with Crippen LogP contribution in [0.3, 0.4) is 0 Å². The Morgan fingerprint density at radius 1 is 0.800 bits per heavy atom. The predicted octanol–water partition coefficient (Wildman–Crippen LogP) is 4.50. The van der Waals surface area contributed by atoms with E-state index < -0.39 is 6.10 Å². The van der Waals surface area contributed by atoms with Crippen LogP contribution in [-0.2, 0) is 6.42 Å². The third-order valence-electron chi connectivity index (χ3n) is 3.99. The molecule has 0 fully saturated rings. The van der Waals surface area contributed by atoms with Gasteiger partial charge < -0.3 is 5.11 Å². The molecule has 0 aliphatic rings. The van der Waals surface area contributed by atoms with Crippen LogP contribution >= 0.6 is 0 Å². The fraction of sp³-hybridized carbons (Fsp3) is 0.368. The Bertz CT molecular complexity index is 603. The Labute approximate surface area is 122 Å². The molecule has 0 bridgehead atoms. The Hall–Kier alpha value is -1.60. The van der Waals surface area contributed by atoms with Gasteiger partial charge in [-0.15, -0.1) is 0 Å². The van der Waals surface area contributed by atoms with Crippen LogP contribution in [0.4, 0.5) is 0 Å². The van der Waals surface area contributed by atoms with Gasteiger partial charge in [0.25, 0.3) is 0 Å². The lowest BCUT2D eigenvalue weighted by atomic mass is 9.91. The number of benzene rings is 2. The van der Waals surface area contributed by atoms with E-state index in [2.05, 4.69) is 65.0 Å². The first-order valence-corrected chi connectivity index (χ1v) is 7.20. The molecule has 0 amide bonds. The van der Waals surface area contributed by atoms with Crippen LogP contribution in [0.1, 0.15) is 45.0 Å². The molecule has 0 heterocycles. The van der Waals surface area contributed by atoms with Gasteiger partial charge in [-0.1, -0.05) is 41.5 Å². The summed E-state index contributed by atoms with van der Waals surface area (Å²) in [5.41, 5.74) is 8.42. The predicted molar refractivity (Wildman–Crippen MR) is 85.2 cm³/mol. The van der Waals surface area contributed by atoms with Crippen LogP contribution in [0.2, 0.25) is 0 Å². The van der Waals surface area contributed by atoms with E-state index in [-0.39, 0.29) is 0 Å². The fourth-order valence-electron chi connectivity index (χ4n) is 3.05. The quantitative estimate of drug-likeness (QED) is 0.868. The number of hydrogen-bond donors (Lipinski definition) is 1. The van der Waals surface area contributed by atoms with Crippen molar-refractivity contribution in [3.8, 4) is 0 Å². The largest absolute Gasteiger partial charge is 0.388 e. The molecule has 0 aromatic heterocycles. The van der Waals surface area contributed by atoms with Crippen LogP contribution in [0.15, 0.2) is 30.3 Å². The summed E-state index contributed by atoms with van der Waals surface area (Å²) >= 11 is 0. The van der Waals surface area contributed by atoms with E-state index >= 15 is 0 Å². The molecule has 2 aromatic carbocycles. The molecule has 1 heteroatoms. The lowest BCUT2D eigenvalue weighted by molar-refractivity contribution is 0.177. The summed E-state index contributed by atoms with van der Waals surface area (Å²) in [6.07, 6.45) is 0.245.